The number of nitrogens with one attached hydrogen (secondary N) is 2. The Bertz CT molecular complexity index is 707. The fraction of sp³-hybridized carbons (Fsp3) is 0.353. The summed E-state index contributed by atoms with van der Waals surface area (Å²) in [4.78, 5) is 23.3. The third-order valence-electron chi connectivity index (χ3n) is 3.37. The lowest BCUT2D eigenvalue weighted by Crippen LogP contribution is -2.44. The van der Waals surface area contributed by atoms with Crippen LogP contribution < -0.4 is 20.1 Å². The standard InChI is InChI=1S/C17H21N3O5/c1-10(2)15(17(22)23)20-16(21)11(8-18)9-19-13-6-5-12(24-3)7-14(13)25-4/h5-7,9-10,15,19H,1-4H3,(H,20,21)(H,22,23)/b11-9-. The maximum atomic E-state index is 12.1. The Kier molecular flexibility index (Phi) is 7.28. The Hall–Kier alpha value is -3.21. The molecule has 1 atom stereocenters. The zero-order valence-electron chi connectivity index (χ0n) is 14.5. The van der Waals surface area contributed by atoms with Gasteiger partial charge in [-0.3, -0.25) is 4.79 Å². The van der Waals surface area contributed by atoms with E-state index >= 15 is 0 Å². The molecule has 0 aliphatic rings. The number of hydrogen-bond donors (Lipinski definition) is 3. The second-order valence-corrected chi connectivity index (χ2v) is 5.41. The zero-order chi connectivity index (χ0) is 19.0. The van der Waals surface area contributed by atoms with E-state index in [9.17, 15) is 9.59 Å². The van der Waals surface area contributed by atoms with Crippen molar-refractivity contribution in [3.63, 3.8) is 0 Å². The first kappa shape index (κ1) is 19.8. The third kappa shape index (κ3) is 5.42. The molecule has 8 heteroatoms. The summed E-state index contributed by atoms with van der Waals surface area (Å²) < 4.78 is 10.3. The predicted molar refractivity (Wildman–Crippen MR) is 91.3 cm³/mol. The van der Waals surface area contributed by atoms with E-state index < -0.39 is 17.9 Å². The van der Waals surface area contributed by atoms with E-state index in [1.807, 2.05) is 0 Å². The van der Waals surface area contributed by atoms with Gasteiger partial charge in [0.25, 0.3) is 5.91 Å². The fourth-order valence-corrected chi connectivity index (χ4v) is 1.95. The van der Waals surface area contributed by atoms with E-state index in [0.717, 1.165) is 0 Å². The average Bonchev–Trinajstić information content (AvgIpc) is 2.59. The molecule has 0 radical (unpaired) electrons. The zero-order valence-corrected chi connectivity index (χ0v) is 14.5. The smallest absolute Gasteiger partial charge is 0.326 e. The first-order valence-corrected chi connectivity index (χ1v) is 7.46. The Morgan fingerprint density at radius 1 is 1.28 bits per heavy atom. The number of nitriles is 1. The summed E-state index contributed by atoms with van der Waals surface area (Å²) in [6.07, 6.45) is 1.19. The lowest BCUT2D eigenvalue weighted by atomic mass is 10.0. The van der Waals surface area contributed by atoms with Crippen LogP contribution in [-0.2, 0) is 9.59 Å². The highest BCUT2D eigenvalue weighted by atomic mass is 16.5. The van der Waals surface area contributed by atoms with Crippen LogP contribution in [0.4, 0.5) is 5.69 Å². The molecular weight excluding hydrogens is 326 g/mol. The molecule has 25 heavy (non-hydrogen) atoms. The van der Waals surface area contributed by atoms with Crippen molar-refractivity contribution in [3.05, 3.63) is 30.0 Å². The van der Waals surface area contributed by atoms with Gasteiger partial charge < -0.3 is 25.2 Å². The number of benzene rings is 1. The van der Waals surface area contributed by atoms with Crippen LogP contribution in [0.1, 0.15) is 13.8 Å². The van der Waals surface area contributed by atoms with Gasteiger partial charge in [0.05, 0.1) is 19.9 Å². The van der Waals surface area contributed by atoms with Crippen molar-refractivity contribution in [2.45, 2.75) is 19.9 Å². The first-order valence-electron chi connectivity index (χ1n) is 7.46. The molecule has 134 valence electrons. The molecule has 0 saturated carbocycles. The maximum Gasteiger partial charge on any atom is 0.326 e. The van der Waals surface area contributed by atoms with Gasteiger partial charge in [-0.2, -0.15) is 5.26 Å². The van der Waals surface area contributed by atoms with Crippen molar-refractivity contribution < 1.29 is 24.2 Å². The Morgan fingerprint density at radius 3 is 2.44 bits per heavy atom. The third-order valence-corrected chi connectivity index (χ3v) is 3.37. The van der Waals surface area contributed by atoms with Gasteiger partial charge in [0.15, 0.2) is 0 Å². The van der Waals surface area contributed by atoms with Crippen molar-refractivity contribution >= 4 is 17.6 Å². The number of ether oxygens (including phenoxy) is 2. The summed E-state index contributed by atoms with van der Waals surface area (Å²) >= 11 is 0. The molecule has 0 bridgehead atoms. The van der Waals surface area contributed by atoms with Crippen molar-refractivity contribution in [2.75, 3.05) is 19.5 Å². The molecule has 1 rings (SSSR count). The van der Waals surface area contributed by atoms with Crippen LogP contribution in [0.15, 0.2) is 30.0 Å². The second-order valence-electron chi connectivity index (χ2n) is 5.41. The van der Waals surface area contributed by atoms with E-state index in [-0.39, 0.29) is 11.5 Å². The summed E-state index contributed by atoms with van der Waals surface area (Å²) in [6, 6.07) is 5.65. The summed E-state index contributed by atoms with van der Waals surface area (Å²) in [5.41, 5.74) is 0.257. The van der Waals surface area contributed by atoms with Gasteiger partial charge in [-0.15, -0.1) is 0 Å². The Morgan fingerprint density at radius 2 is 1.96 bits per heavy atom. The number of carboxylic acids is 1. The summed E-state index contributed by atoms with van der Waals surface area (Å²) in [5.74, 6) is -1.21. The van der Waals surface area contributed by atoms with Gasteiger partial charge in [0, 0.05) is 12.3 Å². The molecule has 1 aromatic rings. The minimum Gasteiger partial charge on any atom is -0.497 e. The summed E-state index contributed by atoms with van der Waals surface area (Å²) in [6.45, 7) is 3.32. The number of carbonyl (C=O) groups excluding carboxylic acids is 1. The van der Waals surface area contributed by atoms with Gasteiger partial charge in [-0.1, -0.05) is 13.8 Å². The van der Waals surface area contributed by atoms with Crippen LogP contribution in [0.5, 0.6) is 11.5 Å². The number of rotatable bonds is 8. The van der Waals surface area contributed by atoms with Gasteiger partial charge in [0.1, 0.15) is 29.2 Å². The van der Waals surface area contributed by atoms with Gasteiger partial charge >= 0.3 is 5.97 Å². The van der Waals surface area contributed by atoms with E-state index in [1.165, 1.54) is 20.4 Å². The first-order chi connectivity index (χ1) is 11.8. The number of carbonyl (C=O) groups is 2. The summed E-state index contributed by atoms with van der Waals surface area (Å²) in [5, 5.41) is 23.4. The molecule has 0 saturated heterocycles. The number of amides is 1. The Balaban J connectivity index is 2.95. The molecule has 1 amide bonds. The number of nitrogens with zero attached hydrogens (tertiary/aromatic N) is 1. The minimum absolute atomic E-state index is 0.259. The van der Waals surface area contributed by atoms with Crippen molar-refractivity contribution in [1.29, 1.82) is 5.26 Å². The molecule has 1 aromatic carbocycles. The largest absolute Gasteiger partial charge is 0.497 e. The molecule has 8 nitrogen and oxygen atoms in total. The fourth-order valence-electron chi connectivity index (χ4n) is 1.95. The van der Waals surface area contributed by atoms with Crippen LogP contribution in [0.2, 0.25) is 0 Å². The number of anilines is 1. The highest BCUT2D eigenvalue weighted by Crippen LogP contribution is 2.29. The highest BCUT2D eigenvalue weighted by molar-refractivity contribution is 5.99. The second kappa shape index (κ2) is 9.17. The van der Waals surface area contributed by atoms with Crippen molar-refractivity contribution in [2.24, 2.45) is 5.92 Å². The number of aliphatic carboxylic acids is 1. The van der Waals surface area contributed by atoms with Crippen LogP contribution >= 0.6 is 0 Å². The topological polar surface area (TPSA) is 121 Å². The molecule has 0 aliphatic heterocycles. The molecule has 0 spiro atoms. The van der Waals surface area contributed by atoms with E-state index in [4.69, 9.17) is 19.8 Å². The lowest BCUT2D eigenvalue weighted by Gasteiger charge is -2.17. The van der Waals surface area contributed by atoms with E-state index in [1.54, 1.807) is 38.1 Å². The average molecular weight is 347 g/mol. The van der Waals surface area contributed by atoms with Gasteiger partial charge in [0.2, 0.25) is 0 Å². The van der Waals surface area contributed by atoms with Crippen LogP contribution in [0.25, 0.3) is 0 Å². The monoisotopic (exact) mass is 347 g/mol. The molecule has 0 aliphatic carbocycles. The SMILES string of the molecule is COc1ccc(N/C=C(/C#N)C(=O)NC(C(=O)O)C(C)C)c(OC)c1. The van der Waals surface area contributed by atoms with E-state index in [2.05, 4.69) is 10.6 Å². The quantitative estimate of drug-likeness (QED) is 0.484. The predicted octanol–water partition coefficient (Wildman–Crippen LogP) is 1.75. The van der Waals surface area contributed by atoms with Crippen molar-refractivity contribution in [3.8, 4) is 17.6 Å². The molecule has 0 fully saturated rings. The number of methoxy groups -OCH3 is 2. The normalized spacial score (nSPS) is 12.1. The molecule has 0 aromatic heterocycles. The molecular formula is C17H21N3O5. The number of carboxylic acid groups (broad SMARTS) is 1. The Labute approximate surface area is 146 Å². The van der Waals surface area contributed by atoms with Crippen LogP contribution in [0.3, 0.4) is 0 Å². The molecule has 1 unspecified atom stereocenters. The molecule has 3 N–H and O–H groups in total. The lowest BCUT2D eigenvalue weighted by molar-refractivity contribution is -0.142. The van der Waals surface area contributed by atoms with Gasteiger partial charge in [-0.05, 0) is 18.1 Å². The highest BCUT2D eigenvalue weighted by Gasteiger charge is 2.24. The number of hydrogen-bond acceptors (Lipinski definition) is 6. The maximum absolute atomic E-state index is 12.1. The van der Waals surface area contributed by atoms with Crippen LogP contribution in [-0.4, -0.2) is 37.2 Å². The molecule has 0 heterocycles. The van der Waals surface area contributed by atoms with Crippen molar-refractivity contribution in [1.82, 2.24) is 5.32 Å². The van der Waals surface area contributed by atoms with Gasteiger partial charge in [-0.25, -0.2) is 4.79 Å². The summed E-state index contributed by atoms with van der Waals surface area (Å²) in [7, 11) is 3.00. The van der Waals surface area contributed by atoms with Crippen LogP contribution in [0, 0.1) is 17.2 Å². The van der Waals surface area contributed by atoms with E-state index in [0.29, 0.717) is 17.2 Å². The minimum atomic E-state index is -1.16.